The molecule has 0 aliphatic carbocycles. The quantitative estimate of drug-likeness (QED) is 0.757. The predicted molar refractivity (Wildman–Crippen MR) is 60.2 cm³/mol. The molecule has 17 heavy (non-hydrogen) atoms. The lowest BCUT2D eigenvalue weighted by molar-refractivity contribution is -0.147. The van der Waals surface area contributed by atoms with Crippen LogP contribution in [0.2, 0.25) is 0 Å². The number of carboxylic acid groups (broad SMARTS) is 1. The molecular formula is C12H14O5. The highest BCUT2D eigenvalue weighted by molar-refractivity contribution is 5.99. The van der Waals surface area contributed by atoms with Gasteiger partial charge in [-0.05, 0) is 6.07 Å². The van der Waals surface area contributed by atoms with Gasteiger partial charge in [0.05, 0.1) is 7.11 Å². The molecule has 0 aromatic heterocycles. The summed E-state index contributed by atoms with van der Waals surface area (Å²) in [6.07, 6.45) is -1.54. The number of ether oxygens (including phenoxy) is 1. The first kappa shape index (κ1) is 13.2. The lowest BCUT2D eigenvalue weighted by Gasteiger charge is -2.15. The van der Waals surface area contributed by atoms with Gasteiger partial charge in [0.15, 0.2) is 11.9 Å². The normalized spacial score (nSPS) is 11.9. The van der Waals surface area contributed by atoms with Gasteiger partial charge in [-0.1, -0.05) is 19.1 Å². The second kappa shape index (κ2) is 5.45. The number of benzene rings is 1. The van der Waals surface area contributed by atoms with Crippen molar-refractivity contribution in [2.24, 2.45) is 0 Å². The maximum atomic E-state index is 11.7. The Morgan fingerprint density at radius 2 is 2.06 bits per heavy atom. The van der Waals surface area contributed by atoms with Gasteiger partial charge in [-0.15, -0.1) is 0 Å². The average Bonchev–Trinajstić information content (AvgIpc) is 2.35. The molecule has 1 aromatic carbocycles. The van der Waals surface area contributed by atoms with Crippen LogP contribution >= 0.6 is 0 Å². The van der Waals surface area contributed by atoms with Crippen molar-refractivity contribution >= 4 is 11.8 Å². The van der Waals surface area contributed by atoms with Gasteiger partial charge in [-0.2, -0.15) is 0 Å². The first-order valence-electron chi connectivity index (χ1n) is 5.13. The number of ketones is 1. The van der Waals surface area contributed by atoms with Crippen LogP contribution in [0.25, 0.3) is 0 Å². The zero-order valence-electron chi connectivity index (χ0n) is 9.64. The molecule has 0 saturated carbocycles. The number of methoxy groups -OCH3 is 1. The van der Waals surface area contributed by atoms with Gasteiger partial charge in [0.1, 0.15) is 5.75 Å². The number of aliphatic carboxylic acids is 1. The van der Waals surface area contributed by atoms with Crippen LogP contribution in [0.15, 0.2) is 18.2 Å². The van der Waals surface area contributed by atoms with Crippen molar-refractivity contribution < 1.29 is 24.5 Å². The van der Waals surface area contributed by atoms with E-state index in [2.05, 4.69) is 0 Å². The fourth-order valence-corrected chi connectivity index (χ4v) is 1.56. The number of hydrogen-bond acceptors (Lipinski definition) is 4. The number of carbonyl (C=O) groups excluding carboxylic acids is 1. The Balaban J connectivity index is 3.40. The molecule has 0 radical (unpaired) electrons. The van der Waals surface area contributed by atoms with Crippen LogP contribution in [0, 0.1) is 0 Å². The number of hydrogen-bond donors (Lipinski definition) is 2. The van der Waals surface area contributed by atoms with Crippen LogP contribution in [0.1, 0.15) is 35.4 Å². The molecule has 92 valence electrons. The van der Waals surface area contributed by atoms with Gasteiger partial charge in [0.25, 0.3) is 0 Å². The van der Waals surface area contributed by atoms with Crippen molar-refractivity contribution in [1.29, 1.82) is 0 Å². The van der Waals surface area contributed by atoms with E-state index in [1.54, 1.807) is 13.0 Å². The molecule has 5 heteroatoms. The maximum Gasteiger partial charge on any atom is 0.337 e. The molecule has 1 rings (SSSR count). The van der Waals surface area contributed by atoms with Crippen molar-refractivity contribution in [2.75, 3.05) is 7.11 Å². The fraction of sp³-hybridized carbons (Fsp3) is 0.333. The molecule has 5 nitrogen and oxygen atoms in total. The summed E-state index contributed by atoms with van der Waals surface area (Å²) in [5.41, 5.74) is 0.191. The van der Waals surface area contributed by atoms with E-state index in [0.29, 0.717) is 0 Å². The third kappa shape index (κ3) is 2.62. The monoisotopic (exact) mass is 238 g/mol. The van der Waals surface area contributed by atoms with Crippen LogP contribution in [-0.2, 0) is 4.79 Å². The van der Waals surface area contributed by atoms with Gasteiger partial charge in [-0.25, -0.2) is 4.79 Å². The van der Waals surface area contributed by atoms with Crippen molar-refractivity contribution in [3.8, 4) is 5.75 Å². The third-order valence-electron chi connectivity index (χ3n) is 2.41. The summed E-state index contributed by atoms with van der Waals surface area (Å²) in [7, 11) is 1.35. The smallest absolute Gasteiger partial charge is 0.337 e. The van der Waals surface area contributed by atoms with E-state index in [1.165, 1.54) is 19.2 Å². The van der Waals surface area contributed by atoms with E-state index in [1.807, 2.05) is 0 Å². The maximum absolute atomic E-state index is 11.7. The molecule has 2 N–H and O–H groups in total. The van der Waals surface area contributed by atoms with Crippen molar-refractivity contribution in [2.45, 2.75) is 19.4 Å². The first-order valence-corrected chi connectivity index (χ1v) is 5.13. The van der Waals surface area contributed by atoms with Crippen molar-refractivity contribution in [3.05, 3.63) is 29.3 Å². The molecule has 0 spiro atoms. The highest BCUT2D eigenvalue weighted by Gasteiger charge is 2.25. The SMILES string of the molecule is CCC(=O)c1cccc(OC)c1C(O)C(=O)O. The average molecular weight is 238 g/mol. The van der Waals surface area contributed by atoms with E-state index in [9.17, 15) is 14.7 Å². The van der Waals surface area contributed by atoms with Gasteiger partial charge in [0.2, 0.25) is 0 Å². The van der Waals surface area contributed by atoms with Gasteiger partial charge in [-0.3, -0.25) is 4.79 Å². The van der Waals surface area contributed by atoms with Crippen molar-refractivity contribution in [3.63, 3.8) is 0 Å². The first-order chi connectivity index (χ1) is 8.02. The second-order valence-corrected chi connectivity index (χ2v) is 3.44. The van der Waals surface area contributed by atoms with E-state index in [0.717, 1.165) is 0 Å². The minimum Gasteiger partial charge on any atom is -0.496 e. The fourth-order valence-electron chi connectivity index (χ4n) is 1.56. The molecule has 0 bridgehead atoms. The Morgan fingerprint density at radius 1 is 1.41 bits per heavy atom. The minimum absolute atomic E-state index is 0.00866. The topological polar surface area (TPSA) is 83.8 Å². The van der Waals surface area contributed by atoms with Gasteiger partial charge < -0.3 is 14.9 Å². The summed E-state index contributed by atoms with van der Waals surface area (Å²) < 4.78 is 4.98. The zero-order valence-corrected chi connectivity index (χ0v) is 9.64. The van der Waals surface area contributed by atoms with Crippen LogP contribution in [0.5, 0.6) is 5.75 Å². The van der Waals surface area contributed by atoms with Gasteiger partial charge >= 0.3 is 5.97 Å². The highest BCUT2D eigenvalue weighted by atomic mass is 16.5. The molecule has 0 fully saturated rings. The van der Waals surface area contributed by atoms with Crippen LogP contribution in [0.4, 0.5) is 0 Å². The molecule has 1 atom stereocenters. The van der Waals surface area contributed by atoms with E-state index < -0.39 is 12.1 Å². The van der Waals surface area contributed by atoms with Crippen LogP contribution < -0.4 is 4.74 Å². The van der Waals surface area contributed by atoms with Crippen LogP contribution in [-0.4, -0.2) is 29.1 Å². The Hall–Kier alpha value is -1.88. The molecular weight excluding hydrogens is 224 g/mol. The highest BCUT2D eigenvalue weighted by Crippen LogP contribution is 2.29. The summed E-state index contributed by atoms with van der Waals surface area (Å²) >= 11 is 0. The lowest BCUT2D eigenvalue weighted by atomic mass is 9.97. The number of aliphatic hydroxyl groups excluding tert-OH is 1. The Bertz CT molecular complexity index is 439. The summed E-state index contributed by atoms with van der Waals surface area (Å²) in [6, 6.07) is 4.57. The van der Waals surface area contributed by atoms with E-state index in [4.69, 9.17) is 9.84 Å². The summed E-state index contributed by atoms with van der Waals surface area (Å²) in [4.78, 5) is 22.5. The Morgan fingerprint density at radius 3 is 2.53 bits per heavy atom. The molecule has 0 aliphatic rings. The van der Waals surface area contributed by atoms with E-state index >= 15 is 0 Å². The second-order valence-electron chi connectivity index (χ2n) is 3.44. The Kier molecular flexibility index (Phi) is 4.23. The molecule has 0 heterocycles. The summed E-state index contributed by atoms with van der Waals surface area (Å²) in [5.74, 6) is -1.46. The number of rotatable bonds is 5. The molecule has 0 saturated heterocycles. The predicted octanol–water partition coefficient (Wildman–Crippen LogP) is 1.41. The summed E-state index contributed by atoms with van der Waals surface area (Å²) in [5, 5.41) is 18.4. The number of aliphatic hydroxyl groups is 1. The standard InChI is InChI=1S/C12H14O5/c1-3-8(13)7-5-4-6-9(17-2)10(7)11(14)12(15)16/h4-6,11,14H,3H2,1-2H3,(H,15,16). The third-order valence-corrected chi connectivity index (χ3v) is 2.41. The molecule has 1 unspecified atom stereocenters. The summed E-state index contributed by atoms with van der Waals surface area (Å²) in [6.45, 7) is 1.67. The van der Waals surface area contributed by atoms with Crippen LogP contribution in [0.3, 0.4) is 0 Å². The van der Waals surface area contributed by atoms with Crippen molar-refractivity contribution in [1.82, 2.24) is 0 Å². The molecule has 1 aromatic rings. The number of Topliss-reactive ketones (excluding diaryl/α,β-unsaturated/α-hetero) is 1. The Labute approximate surface area is 98.6 Å². The molecule has 0 amide bonds. The lowest BCUT2D eigenvalue weighted by Crippen LogP contribution is -2.16. The number of carbonyl (C=O) groups is 2. The van der Waals surface area contributed by atoms with E-state index in [-0.39, 0.29) is 29.1 Å². The zero-order chi connectivity index (χ0) is 13.0. The minimum atomic E-state index is -1.77. The van der Waals surface area contributed by atoms with Gasteiger partial charge in [0, 0.05) is 17.5 Å². The largest absolute Gasteiger partial charge is 0.496 e. The molecule has 0 aliphatic heterocycles. The number of carboxylic acids is 1.